The van der Waals surface area contributed by atoms with Gasteiger partial charge in [0, 0.05) is 6.54 Å². The van der Waals surface area contributed by atoms with Gasteiger partial charge in [-0.1, -0.05) is 17.3 Å². The molecule has 0 aromatic rings. The van der Waals surface area contributed by atoms with Crippen molar-refractivity contribution in [2.75, 3.05) is 13.1 Å². The molecule has 2 atom stereocenters. The van der Waals surface area contributed by atoms with E-state index in [1.54, 1.807) is 0 Å². The van der Waals surface area contributed by atoms with Gasteiger partial charge in [0.15, 0.2) is 0 Å². The van der Waals surface area contributed by atoms with Gasteiger partial charge in [-0.05, 0) is 36.7 Å². The molecule has 0 radical (unpaired) electrons. The molecule has 0 amide bonds. The fourth-order valence-corrected chi connectivity index (χ4v) is 1.89. The molecular weight excluding hydrogens is 216 g/mol. The maximum Gasteiger partial charge on any atom is 0.100 e. The van der Waals surface area contributed by atoms with Crippen molar-refractivity contribution < 1.29 is 0 Å². The largest absolute Gasteiger partial charge is 0.372 e. The predicted molar refractivity (Wildman–Crippen MR) is 67.8 cm³/mol. The lowest BCUT2D eigenvalue weighted by atomic mass is 10.2. The first-order valence-corrected chi connectivity index (χ1v) is 5.65. The molecule has 2 unspecified atom stereocenters. The lowest BCUT2D eigenvalue weighted by molar-refractivity contribution is 0.163. The maximum atomic E-state index is 10.3. The first-order valence-electron chi connectivity index (χ1n) is 5.65. The van der Waals surface area contributed by atoms with E-state index in [4.69, 9.17) is 0 Å². The zero-order valence-electron chi connectivity index (χ0n) is 9.49. The number of allylic oxidation sites excluding steroid dienone is 4. The Morgan fingerprint density at radius 2 is 1.59 bits per heavy atom. The molecule has 0 bridgehead atoms. The Hall–Kier alpha value is -1.88. The van der Waals surface area contributed by atoms with Gasteiger partial charge in [-0.2, -0.15) is 4.91 Å². The van der Waals surface area contributed by atoms with Gasteiger partial charge in [0.1, 0.15) is 12.3 Å². The molecule has 5 nitrogen and oxygen atoms in total. The Labute approximate surface area is 101 Å². The molecule has 0 fully saturated rings. The van der Waals surface area contributed by atoms with Gasteiger partial charge in [0.2, 0.25) is 0 Å². The van der Waals surface area contributed by atoms with E-state index in [1.165, 1.54) is 0 Å². The number of hydrogen-bond donors (Lipinski definition) is 2. The third-order valence-electron chi connectivity index (χ3n) is 2.70. The fraction of sp³-hybridized carbons (Fsp3) is 0.333. The summed E-state index contributed by atoms with van der Waals surface area (Å²) in [5, 5.41) is 9.42. The SMILES string of the molecule is O=NCCN(C1C=CC=CN1)C1C=CC=CN1. The van der Waals surface area contributed by atoms with Crippen molar-refractivity contribution in [2.24, 2.45) is 5.18 Å². The third kappa shape index (κ3) is 3.04. The van der Waals surface area contributed by atoms with E-state index >= 15 is 0 Å². The van der Waals surface area contributed by atoms with Gasteiger partial charge in [-0.25, -0.2) is 0 Å². The van der Waals surface area contributed by atoms with Crippen LogP contribution in [-0.2, 0) is 0 Å². The standard InChI is InChI=1S/C12H16N4O/c17-15-9-10-16(11-5-1-3-7-13-11)12-6-2-4-8-14-12/h1-8,11-14H,9-10H2. The second kappa shape index (κ2) is 6.00. The van der Waals surface area contributed by atoms with Crippen LogP contribution >= 0.6 is 0 Å². The minimum absolute atomic E-state index is 0.0791. The van der Waals surface area contributed by atoms with E-state index < -0.39 is 0 Å². The van der Waals surface area contributed by atoms with E-state index in [0.717, 1.165) is 0 Å². The van der Waals surface area contributed by atoms with Crippen LogP contribution in [0.5, 0.6) is 0 Å². The summed E-state index contributed by atoms with van der Waals surface area (Å²) in [6, 6.07) is 0. The topological polar surface area (TPSA) is 56.7 Å². The van der Waals surface area contributed by atoms with E-state index in [9.17, 15) is 4.91 Å². The second-order valence-corrected chi connectivity index (χ2v) is 3.80. The van der Waals surface area contributed by atoms with E-state index in [1.807, 2.05) is 36.7 Å². The maximum absolute atomic E-state index is 10.3. The molecular formula is C12H16N4O. The van der Waals surface area contributed by atoms with Crippen molar-refractivity contribution in [3.63, 3.8) is 0 Å². The molecule has 5 heteroatoms. The van der Waals surface area contributed by atoms with Gasteiger partial charge in [0.25, 0.3) is 0 Å². The highest BCUT2D eigenvalue weighted by molar-refractivity contribution is 5.16. The van der Waals surface area contributed by atoms with Crippen LogP contribution in [0.3, 0.4) is 0 Å². The lowest BCUT2D eigenvalue weighted by Gasteiger charge is -2.36. The highest BCUT2D eigenvalue weighted by Crippen LogP contribution is 2.09. The van der Waals surface area contributed by atoms with Crippen molar-refractivity contribution in [3.8, 4) is 0 Å². The van der Waals surface area contributed by atoms with Crippen molar-refractivity contribution in [1.29, 1.82) is 0 Å². The molecule has 0 spiro atoms. The van der Waals surface area contributed by atoms with Gasteiger partial charge in [0.05, 0.1) is 6.54 Å². The predicted octanol–water partition coefficient (Wildman–Crippen LogP) is 1.05. The Morgan fingerprint density at radius 1 is 1.00 bits per heavy atom. The number of rotatable bonds is 5. The van der Waals surface area contributed by atoms with Crippen molar-refractivity contribution in [2.45, 2.75) is 12.3 Å². The fourth-order valence-electron chi connectivity index (χ4n) is 1.89. The van der Waals surface area contributed by atoms with Gasteiger partial charge >= 0.3 is 0 Å². The first kappa shape index (κ1) is 11.6. The molecule has 90 valence electrons. The first-order chi connectivity index (χ1) is 8.42. The van der Waals surface area contributed by atoms with E-state index in [2.05, 4.69) is 32.9 Å². The summed E-state index contributed by atoms with van der Waals surface area (Å²) in [5.41, 5.74) is 0. The molecule has 2 N–H and O–H groups in total. The monoisotopic (exact) mass is 232 g/mol. The summed E-state index contributed by atoms with van der Waals surface area (Å²) >= 11 is 0. The van der Waals surface area contributed by atoms with E-state index in [-0.39, 0.29) is 18.9 Å². The molecule has 2 aliphatic rings. The quantitative estimate of drug-likeness (QED) is 0.696. The Kier molecular flexibility index (Phi) is 4.10. The number of dihydropyridines is 2. The number of hydrogen-bond acceptors (Lipinski definition) is 5. The molecule has 0 aromatic carbocycles. The van der Waals surface area contributed by atoms with Crippen LogP contribution in [-0.4, -0.2) is 30.3 Å². The molecule has 0 aliphatic carbocycles. The minimum Gasteiger partial charge on any atom is -0.372 e. The Morgan fingerprint density at radius 3 is 2.00 bits per heavy atom. The zero-order valence-corrected chi connectivity index (χ0v) is 9.49. The van der Waals surface area contributed by atoms with Crippen LogP contribution in [0.4, 0.5) is 0 Å². The summed E-state index contributed by atoms with van der Waals surface area (Å²) < 4.78 is 0. The minimum atomic E-state index is 0.0791. The van der Waals surface area contributed by atoms with Crippen molar-refractivity contribution in [1.82, 2.24) is 15.5 Å². The van der Waals surface area contributed by atoms with Crippen LogP contribution in [0.1, 0.15) is 0 Å². The highest BCUT2D eigenvalue weighted by atomic mass is 16.3. The Bertz CT molecular complexity index is 343. The average molecular weight is 232 g/mol. The number of nitrogens with zero attached hydrogens (tertiary/aromatic N) is 2. The molecule has 2 heterocycles. The van der Waals surface area contributed by atoms with Crippen LogP contribution in [0.2, 0.25) is 0 Å². The van der Waals surface area contributed by atoms with Crippen LogP contribution < -0.4 is 10.6 Å². The van der Waals surface area contributed by atoms with Crippen molar-refractivity contribution >= 4 is 0 Å². The smallest absolute Gasteiger partial charge is 0.100 e. The Balaban J connectivity index is 2.04. The summed E-state index contributed by atoms with van der Waals surface area (Å²) in [5.74, 6) is 0. The number of nitrogens with one attached hydrogen (secondary N) is 2. The van der Waals surface area contributed by atoms with Crippen molar-refractivity contribution in [3.05, 3.63) is 53.8 Å². The van der Waals surface area contributed by atoms with Crippen LogP contribution in [0.15, 0.2) is 54.0 Å². The van der Waals surface area contributed by atoms with Gasteiger partial charge in [-0.15, -0.1) is 0 Å². The zero-order chi connectivity index (χ0) is 11.9. The normalized spacial score (nSPS) is 25.7. The molecule has 0 saturated heterocycles. The third-order valence-corrected chi connectivity index (χ3v) is 2.70. The summed E-state index contributed by atoms with van der Waals surface area (Å²) in [7, 11) is 0. The molecule has 2 rings (SSSR count). The summed E-state index contributed by atoms with van der Waals surface area (Å²) in [4.78, 5) is 12.4. The molecule has 17 heavy (non-hydrogen) atoms. The lowest BCUT2D eigenvalue weighted by Crippen LogP contribution is -2.53. The molecule has 2 aliphatic heterocycles. The number of nitroso groups, excluding NO2 is 1. The summed E-state index contributed by atoms with van der Waals surface area (Å²) in [6.07, 6.45) is 15.9. The van der Waals surface area contributed by atoms with Gasteiger partial charge < -0.3 is 10.6 Å². The van der Waals surface area contributed by atoms with Crippen LogP contribution in [0.25, 0.3) is 0 Å². The second-order valence-electron chi connectivity index (χ2n) is 3.80. The van der Waals surface area contributed by atoms with E-state index in [0.29, 0.717) is 6.54 Å². The molecule has 0 aromatic heterocycles. The highest BCUT2D eigenvalue weighted by Gasteiger charge is 2.22. The molecule has 0 saturated carbocycles. The van der Waals surface area contributed by atoms with Crippen LogP contribution in [0, 0.1) is 4.91 Å². The summed E-state index contributed by atoms with van der Waals surface area (Å²) in [6.45, 7) is 0.890. The average Bonchev–Trinajstić information content (AvgIpc) is 2.42. The van der Waals surface area contributed by atoms with Gasteiger partial charge in [-0.3, -0.25) is 4.90 Å².